The van der Waals surface area contributed by atoms with Crippen molar-refractivity contribution >= 4 is 17.7 Å². The lowest BCUT2D eigenvalue weighted by atomic mass is 9.95. The molecule has 0 saturated carbocycles. The van der Waals surface area contributed by atoms with Gasteiger partial charge >= 0.3 is 5.97 Å². The molecule has 0 radical (unpaired) electrons. The van der Waals surface area contributed by atoms with Gasteiger partial charge in [0.15, 0.2) is 0 Å². The van der Waals surface area contributed by atoms with Crippen LogP contribution in [0.1, 0.15) is 44.7 Å². The summed E-state index contributed by atoms with van der Waals surface area (Å²) in [5, 5.41) is 12.6. The summed E-state index contributed by atoms with van der Waals surface area (Å²) in [7, 11) is 0. The SMILES string of the molecule is Cc1ccc(SCCCC(C)(NC(C)C)C(=O)O)c(C)c1. The highest BCUT2D eigenvalue weighted by atomic mass is 32.2. The highest BCUT2D eigenvalue weighted by molar-refractivity contribution is 7.99. The van der Waals surface area contributed by atoms with E-state index in [4.69, 9.17) is 0 Å². The number of benzene rings is 1. The van der Waals surface area contributed by atoms with Gasteiger partial charge < -0.3 is 5.11 Å². The maximum absolute atomic E-state index is 11.4. The zero-order valence-electron chi connectivity index (χ0n) is 13.7. The summed E-state index contributed by atoms with van der Waals surface area (Å²) in [6.45, 7) is 9.95. The fourth-order valence-corrected chi connectivity index (χ4v) is 3.41. The predicted molar refractivity (Wildman–Crippen MR) is 90.2 cm³/mol. The van der Waals surface area contributed by atoms with E-state index in [1.54, 1.807) is 18.7 Å². The minimum atomic E-state index is -0.836. The fraction of sp³-hybridized carbons (Fsp3) is 0.588. The largest absolute Gasteiger partial charge is 0.480 e. The molecule has 0 aliphatic carbocycles. The van der Waals surface area contributed by atoms with E-state index in [1.165, 1.54) is 16.0 Å². The third kappa shape index (κ3) is 5.71. The summed E-state index contributed by atoms with van der Waals surface area (Å²) >= 11 is 1.81. The number of nitrogens with one attached hydrogen (secondary N) is 1. The average Bonchev–Trinajstić information content (AvgIpc) is 2.35. The van der Waals surface area contributed by atoms with Gasteiger partial charge in [0, 0.05) is 10.9 Å². The monoisotopic (exact) mass is 309 g/mol. The van der Waals surface area contributed by atoms with Gasteiger partial charge in [-0.05, 0) is 64.8 Å². The van der Waals surface area contributed by atoms with Crippen LogP contribution in [0.4, 0.5) is 0 Å². The van der Waals surface area contributed by atoms with Crippen molar-refractivity contribution in [1.82, 2.24) is 5.32 Å². The van der Waals surface area contributed by atoms with Crippen LogP contribution in [-0.2, 0) is 4.79 Å². The number of carbonyl (C=O) groups is 1. The lowest BCUT2D eigenvalue weighted by Gasteiger charge is -2.28. The maximum atomic E-state index is 11.4. The minimum Gasteiger partial charge on any atom is -0.480 e. The molecule has 0 aromatic heterocycles. The minimum absolute atomic E-state index is 0.165. The molecule has 1 aromatic carbocycles. The molecule has 2 N–H and O–H groups in total. The van der Waals surface area contributed by atoms with Crippen molar-refractivity contribution in [3.8, 4) is 0 Å². The molecule has 0 saturated heterocycles. The Morgan fingerprint density at radius 3 is 2.57 bits per heavy atom. The highest BCUT2D eigenvalue weighted by Crippen LogP contribution is 2.25. The molecular formula is C17H27NO2S. The van der Waals surface area contributed by atoms with Crippen molar-refractivity contribution in [1.29, 1.82) is 0 Å². The smallest absolute Gasteiger partial charge is 0.323 e. The Morgan fingerprint density at radius 2 is 2.05 bits per heavy atom. The Morgan fingerprint density at radius 1 is 1.38 bits per heavy atom. The molecule has 21 heavy (non-hydrogen) atoms. The van der Waals surface area contributed by atoms with Crippen LogP contribution in [0.2, 0.25) is 0 Å². The molecule has 118 valence electrons. The van der Waals surface area contributed by atoms with E-state index in [2.05, 4.69) is 37.4 Å². The summed E-state index contributed by atoms with van der Waals surface area (Å²) in [4.78, 5) is 12.7. The van der Waals surface area contributed by atoms with E-state index in [9.17, 15) is 9.90 Å². The van der Waals surface area contributed by atoms with Crippen molar-refractivity contribution in [2.75, 3.05) is 5.75 Å². The van der Waals surface area contributed by atoms with E-state index < -0.39 is 11.5 Å². The molecule has 0 bridgehead atoms. The van der Waals surface area contributed by atoms with Crippen LogP contribution < -0.4 is 5.32 Å². The van der Waals surface area contributed by atoms with Crippen LogP contribution in [0.25, 0.3) is 0 Å². The molecule has 1 atom stereocenters. The van der Waals surface area contributed by atoms with Gasteiger partial charge in [0.05, 0.1) is 0 Å². The predicted octanol–water partition coefficient (Wildman–Crippen LogP) is 4.02. The topological polar surface area (TPSA) is 49.3 Å². The van der Waals surface area contributed by atoms with Crippen LogP contribution in [0.5, 0.6) is 0 Å². The average molecular weight is 309 g/mol. The highest BCUT2D eigenvalue weighted by Gasteiger charge is 2.32. The molecule has 1 aromatic rings. The number of hydrogen-bond acceptors (Lipinski definition) is 3. The van der Waals surface area contributed by atoms with Gasteiger partial charge in [-0.3, -0.25) is 10.1 Å². The van der Waals surface area contributed by atoms with Crippen LogP contribution in [-0.4, -0.2) is 28.4 Å². The third-order valence-electron chi connectivity index (χ3n) is 3.49. The molecule has 1 unspecified atom stereocenters. The van der Waals surface area contributed by atoms with Gasteiger partial charge in [-0.25, -0.2) is 0 Å². The first-order chi connectivity index (χ1) is 9.74. The molecule has 1 rings (SSSR count). The Bertz CT molecular complexity index is 488. The first kappa shape index (κ1) is 18.1. The summed E-state index contributed by atoms with van der Waals surface area (Å²) in [6.07, 6.45) is 1.51. The van der Waals surface area contributed by atoms with Crippen molar-refractivity contribution in [2.24, 2.45) is 0 Å². The van der Waals surface area contributed by atoms with Crippen LogP contribution in [0.3, 0.4) is 0 Å². The molecule has 3 nitrogen and oxygen atoms in total. The second kappa shape index (κ2) is 7.85. The van der Waals surface area contributed by atoms with Crippen LogP contribution in [0, 0.1) is 13.8 Å². The summed E-state index contributed by atoms with van der Waals surface area (Å²) in [5.74, 6) is 0.166. The molecular weight excluding hydrogens is 282 g/mol. The number of rotatable bonds is 8. The molecule has 0 spiro atoms. The van der Waals surface area contributed by atoms with Gasteiger partial charge in [-0.1, -0.05) is 17.7 Å². The normalized spacial score (nSPS) is 14.2. The van der Waals surface area contributed by atoms with E-state index in [0.29, 0.717) is 6.42 Å². The van der Waals surface area contributed by atoms with Gasteiger partial charge in [-0.2, -0.15) is 0 Å². The first-order valence-electron chi connectivity index (χ1n) is 7.46. The van der Waals surface area contributed by atoms with Crippen molar-refractivity contribution in [2.45, 2.75) is 63.9 Å². The Hall–Kier alpha value is -1.00. The number of aryl methyl sites for hydroxylation is 2. The van der Waals surface area contributed by atoms with Gasteiger partial charge in [-0.15, -0.1) is 11.8 Å². The second-order valence-electron chi connectivity index (χ2n) is 6.16. The molecule has 0 heterocycles. The van der Waals surface area contributed by atoms with Crippen molar-refractivity contribution in [3.63, 3.8) is 0 Å². The summed E-state index contributed by atoms with van der Waals surface area (Å²) in [5.41, 5.74) is 1.73. The quantitative estimate of drug-likeness (QED) is 0.562. The first-order valence-corrected chi connectivity index (χ1v) is 8.44. The number of carboxylic acids is 1. The van der Waals surface area contributed by atoms with E-state index in [-0.39, 0.29) is 6.04 Å². The standard InChI is InChI=1S/C17H27NO2S/c1-12(2)18-17(5,16(19)20)9-6-10-21-15-8-7-13(3)11-14(15)4/h7-8,11-12,18H,6,9-10H2,1-5H3,(H,19,20). The van der Waals surface area contributed by atoms with Crippen molar-refractivity contribution < 1.29 is 9.90 Å². The van der Waals surface area contributed by atoms with E-state index in [0.717, 1.165) is 12.2 Å². The van der Waals surface area contributed by atoms with E-state index in [1.807, 2.05) is 13.8 Å². The van der Waals surface area contributed by atoms with Gasteiger partial charge in [0.2, 0.25) is 0 Å². The molecule has 4 heteroatoms. The Balaban J connectivity index is 2.49. The zero-order valence-corrected chi connectivity index (χ0v) is 14.5. The maximum Gasteiger partial charge on any atom is 0.323 e. The number of carboxylic acid groups (broad SMARTS) is 1. The number of aliphatic carboxylic acids is 1. The summed E-state index contributed by atoms with van der Waals surface area (Å²) < 4.78 is 0. The van der Waals surface area contributed by atoms with Gasteiger partial charge in [0.1, 0.15) is 5.54 Å². The molecule has 0 amide bonds. The molecule has 0 aliphatic rings. The molecule has 0 fully saturated rings. The van der Waals surface area contributed by atoms with E-state index >= 15 is 0 Å². The number of thioether (sulfide) groups is 1. The fourth-order valence-electron chi connectivity index (χ4n) is 2.45. The zero-order chi connectivity index (χ0) is 16.0. The number of hydrogen-bond donors (Lipinski definition) is 2. The lowest BCUT2D eigenvalue weighted by Crippen LogP contribution is -2.52. The Labute approximate surface area is 132 Å². The second-order valence-corrected chi connectivity index (χ2v) is 7.29. The lowest BCUT2D eigenvalue weighted by molar-refractivity contribution is -0.144. The summed E-state index contributed by atoms with van der Waals surface area (Å²) in [6, 6.07) is 6.62. The van der Waals surface area contributed by atoms with Crippen molar-refractivity contribution in [3.05, 3.63) is 29.3 Å². The van der Waals surface area contributed by atoms with Crippen LogP contribution in [0.15, 0.2) is 23.1 Å². The Kier molecular flexibility index (Phi) is 6.75. The molecule has 0 aliphatic heterocycles. The van der Waals surface area contributed by atoms with Crippen LogP contribution >= 0.6 is 11.8 Å². The van der Waals surface area contributed by atoms with Gasteiger partial charge in [0.25, 0.3) is 0 Å². The third-order valence-corrected chi connectivity index (χ3v) is 4.75.